The number of hydrogen-bond acceptors (Lipinski definition) is 7. The van der Waals surface area contributed by atoms with E-state index in [1.807, 2.05) is 24.3 Å². The van der Waals surface area contributed by atoms with Gasteiger partial charge in [0.2, 0.25) is 0 Å². The Morgan fingerprint density at radius 2 is 1.64 bits per heavy atom. The molecule has 3 rings (SSSR count). The number of nitro groups is 2. The van der Waals surface area contributed by atoms with Gasteiger partial charge in [0.15, 0.2) is 4.34 Å². The van der Waals surface area contributed by atoms with Gasteiger partial charge < -0.3 is 0 Å². The van der Waals surface area contributed by atoms with E-state index in [9.17, 15) is 20.2 Å². The minimum Gasteiger partial charge on any atom is -0.258 e. The molecule has 9 heteroatoms. The summed E-state index contributed by atoms with van der Waals surface area (Å²) in [5.41, 5.74) is 0.213. The highest BCUT2D eigenvalue weighted by atomic mass is 32.2. The molecule has 0 radical (unpaired) electrons. The van der Waals surface area contributed by atoms with Crippen LogP contribution in [0, 0.1) is 20.2 Å². The molecule has 0 aliphatic heterocycles. The third-order valence-corrected chi connectivity index (χ3v) is 4.85. The molecule has 0 unspecified atom stereocenters. The number of thiazole rings is 1. The number of fused-ring (bicyclic) bond motifs is 1. The maximum Gasteiger partial charge on any atom is 0.277 e. The lowest BCUT2D eigenvalue weighted by Crippen LogP contribution is -1.93. The van der Waals surface area contributed by atoms with Gasteiger partial charge in [0.25, 0.3) is 11.4 Å². The molecule has 0 saturated heterocycles. The summed E-state index contributed by atoms with van der Waals surface area (Å²) < 4.78 is 1.67. The van der Waals surface area contributed by atoms with Gasteiger partial charge in [-0.3, -0.25) is 20.2 Å². The summed E-state index contributed by atoms with van der Waals surface area (Å²) in [6.07, 6.45) is 0. The van der Waals surface area contributed by atoms with Crippen molar-refractivity contribution in [2.24, 2.45) is 0 Å². The minimum atomic E-state index is -0.643. The number of nitro benzene ring substituents is 2. The molecule has 0 amide bonds. The van der Waals surface area contributed by atoms with Crippen LogP contribution in [0.5, 0.6) is 0 Å². The zero-order valence-corrected chi connectivity index (χ0v) is 12.5. The SMILES string of the molecule is O=[N+]([O-])c1cc(Sc2nc3ccccc3s2)cc([N+](=O)[O-])c1. The molecule has 22 heavy (non-hydrogen) atoms. The normalized spacial score (nSPS) is 10.7. The van der Waals surface area contributed by atoms with Gasteiger partial charge in [-0.15, -0.1) is 11.3 Å². The average molecular weight is 333 g/mol. The van der Waals surface area contributed by atoms with Crippen molar-refractivity contribution in [3.8, 4) is 0 Å². The molecule has 0 fully saturated rings. The molecule has 0 N–H and O–H groups in total. The predicted octanol–water partition coefficient (Wildman–Crippen LogP) is 4.26. The summed E-state index contributed by atoms with van der Waals surface area (Å²) in [7, 11) is 0. The van der Waals surface area contributed by atoms with Gasteiger partial charge in [-0.25, -0.2) is 4.98 Å². The van der Waals surface area contributed by atoms with Crippen LogP contribution in [0.1, 0.15) is 0 Å². The Hall–Kier alpha value is -2.52. The Morgan fingerprint density at radius 3 is 2.23 bits per heavy atom. The average Bonchev–Trinajstić information content (AvgIpc) is 2.88. The van der Waals surface area contributed by atoms with Gasteiger partial charge in [-0.05, 0) is 12.1 Å². The Morgan fingerprint density at radius 1 is 1.00 bits per heavy atom. The first kappa shape index (κ1) is 14.4. The molecule has 110 valence electrons. The topological polar surface area (TPSA) is 99.2 Å². The van der Waals surface area contributed by atoms with Crippen molar-refractivity contribution in [2.75, 3.05) is 0 Å². The number of hydrogen-bond donors (Lipinski definition) is 0. The largest absolute Gasteiger partial charge is 0.277 e. The van der Waals surface area contributed by atoms with Gasteiger partial charge in [0.05, 0.1) is 26.1 Å². The third kappa shape index (κ3) is 2.90. The smallest absolute Gasteiger partial charge is 0.258 e. The van der Waals surface area contributed by atoms with Crippen LogP contribution in [0.2, 0.25) is 0 Å². The Bertz CT molecular complexity index is 829. The summed E-state index contributed by atoms with van der Waals surface area (Å²) in [6.45, 7) is 0. The third-order valence-electron chi connectivity index (χ3n) is 2.78. The molecule has 3 aromatic rings. The number of rotatable bonds is 4. The number of para-hydroxylation sites is 1. The molecule has 0 aliphatic carbocycles. The van der Waals surface area contributed by atoms with Gasteiger partial charge in [0, 0.05) is 17.0 Å². The zero-order valence-electron chi connectivity index (χ0n) is 10.8. The van der Waals surface area contributed by atoms with Gasteiger partial charge in [0.1, 0.15) is 0 Å². The highest BCUT2D eigenvalue weighted by Gasteiger charge is 2.17. The quantitative estimate of drug-likeness (QED) is 0.522. The summed E-state index contributed by atoms with van der Waals surface area (Å²) in [5.74, 6) is 0. The van der Waals surface area contributed by atoms with E-state index in [2.05, 4.69) is 4.98 Å². The molecule has 0 atom stereocenters. The van der Waals surface area contributed by atoms with E-state index in [1.54, 1.807) is 0 Å². The van der Waals surface area contributed by atoms with Crippen molar-refractivity contribution in [1.82, 2.24) is 4.98 Å². The first-order valence-electron chi connectivity index (χ1n) is 6.00. The van der Waals surface area contributed by atoms with Gasteiger partial charge in [-0.2, -0.15) is 0 Å². The van der Waals surface area contributed by atoms with Crippen LogP contribution in [0.4, 0.5) is 11.4 Å². The highest BCUT2D eigenvalue weighted by Crippen LogP contribution is 2.37. The van der Waals surface area contributed by atoms with Crippen molar-refractivity contribution < 1.29 is 9.85 Å². The number of nitrogens with zero attached hydrogens (tertiary/aromatic N) is 3. The van der Waals surface area contributed by atoms with Crippen LogP contribution in [0.3, 0.4) is 0 Å². The summed E-state index contributed by atoms with van der Waals surface area (Å²) in [4.78, 5) is 25.3. The fourth-order valence-electron chi connectivity index (χ4n) is 1.83. The van der Waals surface area contributed by atoms with E-state index in [0.717, 1.165) is 16.3 Å². The first-order chi connectivity index (χ1) is 10.5. The number of non-ortho nitro benzene ring substituents is 2. The Balaban J connectivity index is 2.00. The molecule has 0 aliphatic rings. The van der Waals surface area contributed by atoms with Crippen LogP contribution in [0.25, 0.3) is 10.2 Å². The summed E-state index contributed by atoms with van der Waals surface area (Å²) >= 11 is 2.61. The number of aromatic nitrogens is 1. The molecule has 1 heterocycles. The van der Waals surface area contributed by atoms with Crippen LogP contribution in [-0.4, -0.2) is 14.8 Å². The lowest BCUT2D eigenvalue weighted by Gasteiger charge is -1.99. The Labute approximate surface area is 131 Å². The fourth-order valence-corrected chi connectivity index (χ4v) is 3.96. The second-order valence-electron chi connectivity index (χ2n) is 4.25. The first-order valence-corrected chi connectivity index (χ1v) is 7.63. The monoisotopic (exact) mass is 333 g/mol. The van der Waals surface area contributed by atoms with E-state index in [-0.39, 0.29) is 11.4 Å². The standard InChI is InChI=1S/C13H7N3O4S2/c17-15(18)8-5-9(16(19)20)7-10(6-8)21-13-14-11-3-1-2-4-12(11)22-13/h1-7H. The van der Waals surface area contributed by atoms with E-state index >= 15 is 0 Å². The van der Waals surface area contributed by atoms with Gasteiger partial charge in [-0.1, -0.05) is 23.9 Å². The zero-order chi connectivity index (χ0) is 15.7. The Kier molecular flexibility index (Phi) is 3.73. The molecule has 7 nitrogen and oxygen atoms in total. The molecule has 1 aromatic heterocycles. The van der Waals surface area contributed by atoms with Crippen LogP contribution < -0.4 is 0 Å². The lowest BCUT2D eigenvalue weighted by molar-refractivity contribution is -0.394. The van der Waals surface area contributed by atoms with Crippen molar-refractivity contribution in [3.63, 3.8) is 0 Å². The van der Waals surface area contributed by atoms with E-state index in [0.29, 0.717) is 9.24 Å². The molecule has 0 saturated carbocycles. The molecule has 0 bridgehead atoms. The van der Waals surface area contributed by atoms with Crippen molar-refractivity contribution in [3.05, 3.63) is 62.7 Å². The molecule has 2 aromatic carbocycles. The molecule has 0 spiro atoms. The van der Waals surface area contributed by atoms with E-state index in [1.165, 1.54) is 35.2 Å². The van der Waals surface area contributed by atoms with E-state index < -0.39 is 9.85 Å². The predicted molar refractivity (Wildman–Crippen MR) is 83.5 cm³/mol. The van der Waals surface area contributed by atoms with Crippen molar-refractivity contribution in [2.45, 2.75) is 9.24 Å². The summed E-state index contributed by atoms with van der Waals surface area (Å²) in [5, 5.41) is 21.8. The second-order valence-corrected chi connectivity index (χ2v) is 6.60. The summed E-state index contributed by atoms with van der Waals surface area (Å²) in [6, 6.07) is 11.1. The lowest BCUT2D eigenvalue weighted by atomic mass is 10.3. The maximum absolute atomic E-state index is 10.9. The highest BCUT2D eigenvalue weighted by molar-refractivity contribution is 8.01. The molecular formula is C13H7N3O4S2. The maximum atomic E-state index is 10.9. The van der Waals surface area contributed by atoms with Crippen molar-refractivity contribution in [1.29, 1.82) is 0 Å². The minimum absolute atomic E-state index is 0.308. The molecular weight excluding hydrogens is 326 g/mol. The van der Waals surface area contributed by atoms with Crippen LogP contribution in [-0.2, 0) is 0 Å². The van der Waals surface area contributed by atoms with E-state index in [4.69, 9.17) is 0 Å². The van der Waals surface area contributed by atoms with Gasteiger partial charge >= 0.3 is 0 Å². The fraction of sp³-hybridized carbons (Fsp3) is 0. The number of benzene rings is 2. The van der Waals surface area contributed by atoms with Crippen LogP contribution in [0.15, 0.2) is 51.7 Å². The second kappa shape index (κ2) is 5.70. The van der Waals surface area contributed by atoms with Crippen LogP contribution >= 0.6 is 23.1 Å². The van der Waals surface area contributed by atoms with Crippen molar-refractivity contribution >= 4 is 44.7 Å².